The third-order valence-electron chi connectivity index (χ3n) is 5.41. The standard InChI is InChI=1S/C19H31N3O2/c1-16-6-8-20(9-7-16)14-17(23)15-21-10-12-22(13-11-21)18-4-2-3-5-19(18)24/h2-5,16-17,23-24H,6-15H2,1H3. The van der Waals surface area contributed by atoms with E-state index >= 15 is 0 Å². The molecule has 5 heteroatoms. The van der Waals surface area contributed by atoms with Crippen LogP contribution in [0.5, 0.6) is 5.75 Å². The first-order chi connectivity index (χ1) is 11.6. The summed E-state index contributed by atoms with van der Waals surface area (Å²) in [5, 5.41) is 20.4. The van der Waals surface area contributed by atoms with Crippen molar-refractivity contribution in [3.05, 3.63) is 24.3 Å². The molecule has 1 unspecified atom stereocenters. The van der Waals surface area contributed by atoms with Crippen molar-refractivity contribution in [3.63, 3.8) is 0 Å². The van der Waals surface area contributed by atoms with Gasteiger partial charge in [-0.1, -0.05) is 19.1 Å². The zero-order chi connectivity index (χ0) is 16.9. The van der Waals surface area contributed by atoms with Crippen molar-refractivity contribution in [2.75, 3.05) is 57.3 Å². The number of aromatic hydroxyl groups is 1. The van der Waals surface area contributed by atoms with E-state index in [9.17, 15) is 10.2 Å². The molecule has 2 aliphatic heterocycles. The molecule has 134 valence electrons. The monoisotopic (exact) mass is 333 g/mol. The Bertz CT molecular complexity index is 509. The molecular weight excluding hydrogens is 302 g/mol. The maximum atomic E-state index is 10.4. The number of piperidine rings is 1. The summed E-state index contributed by atoms with van der Waals surface area (Å²) in [6.07, 6.45) is 2.24. The first kappa shape index (κ1) is 17.5. The van der Waals surface area contributed by atoms with E-state index in [1.165, 1.54) is 12.8 Å². The summed E-state index contributed by atoms with van der Waals surface area (Å²) in [5.41, 5.74) is 0.917. The number of nitrogens with zero attached hydrogens (tertiary/aromatic N) is 3. The van der Waals surface area contributed by atoms with E-state index in [4.69, 9.17) is 0 Å². The summed E-state index contributed by atoms with van der Waals surface area (Å²) >= 11 is 0. The highest BCUT2D eigenvalue weighted by Crippen LogP contribution is 2.27. The second-order valence-electron chi connectivity index (χ2n) is 7.41. The van der Waals surface area contributed by atoms with Gasteiger partial charge < -0.3 is 20.0 Å². The van der Waals surface area contributed by atoms with Crippen LogP contribution in [0.2, 0.25) is 0 Å². The number of β-amino-alcohol motifs (C(OH)–C–C–N with tert-alkyl or cyclic N) is 1. The minimum atomic E-state index is -0.268. The zero-order valence-corrected chi connectivity index (χ0v) is 14.8. The average molecular weight is 333 g/mol. The number of aliphatic hydroxyl groups is 1. The van der Waals surface area contributed by atoms with Gasteiger partial charge in [0.15, 0.2) is 0 Å². The number of hydrogen-bond donors (Lipinski definition) is 2. The van der Waals surface area contributed by atoms with Crippen LogP contribution in [0, 0.1) is 5.92 Å². The van der Waals surface area contributed by atoms with E-state index < -0.39 is 0 Å². The number of piperazine rings is 1. The number of rotatable bonds is 5. The van der Waals surface area contributed by atoms with Crippen LogP contribution >= 0.6 is 0 Å². The molecule has 2 aliphatic rings. The number of phenols is 1. The smallest absolute Gasteiger partial charge is 0.138 e. The largest absolute Gasteiger partial charge is 0.506 e. The van der Waals surface area contributed by atoms with Crippen LogP contribution in [0.1, 0.15) is 19.8 Å². The minimum Gasteiger partial charge on any atom is -0.506 e. The summed E-state index contributed by atoms with van der Waals surface area (Å²) in [6, 6.07) is 7.53. The third-order valence-corrected chi connectivity index (χ3v) is 5.41. The van der Waals surface area contributed by atoms with E-state index in [-0.39, 0.29) is 6.10 Å². The first-order valence-corrected chi connectivity index (χ1v) is 9.27. The summed E-state index contributed by atoms with van der Waals surface area (Å²) < 4.78 is 0. The fraction of sp³-hybridized carbons (Fsp3) is 0.684. The highest BCUT2D eigenvalue weighted by molar-refractivity contribution is 5.57. The maximum Gasteiger partial charge on any atom is 0.138 e. The number of benzene rings is 1. The molecule has 1 aromatic rings. The van der Waals surface area contributed by atoms with E-state index in [1.54, 1.807) is 6.07 Å². The van der Waals surface area contributed by atoms with Crippen molar-refractivity contribution in [3.8, 4) is 5.75 Å². The predicted molar refractivity (Wildman–Crippen MR) is 97.6 cm³/mol. The molecule has 2 N–H and O–H groups in total. The van der Waals surface area contributed by atoms with Crippen LogP contribution in [-0.2, 0) is 0 Å². The quantitative estimate of drug-likeness (QED) is 0.857. The van der Waals surface area contributed by atoms with Gasteiger partial charge >= 0.3 is 0 Å². The number of hydrogen-bond acceptors (Lipinski definition) is 5. The molecule has 1 aromatic carbocycles. The molecule has 0 spiro atoms. The number of phenolic OH excluding ortho intramolecular Hbond substituents is 1. The highest BCUT2D eigenvalue weighted by Gasteiger charge is 2.23. The molecule has 0 bridgehead atoms. The van der Waals surface area contributed by atoms with Gasteiger partial charge in [-0.15, -0.1) is 0 Å². The molecule has 0 amide bonds. The Labute approximate surface area is 145 Å². The second kappa shape index (κ2) is 8.19. The molecule has 0 radical (unpaired) electrons. The fourth-order valence-corrected chi connectivity index (χ4v) is 3.80. The van der Waals surface area contributed by atoms with Crippen molar-refractivity contribution >= 4 is 5.69 Å². The van der Waals surface area contributed by atoms with Gasteiger partial charge in [0.05, 0.1) is 11.8 Å². The molecule has 24 heavy (non-hydrogen) atoms. The van der Waals surface area contributed by atoms with Gasteiger partial charge in [0.2, 0.25) is 0 Å². The van der Waals surface area contributed by atoms with Crippen LogP contribution < -0.4 is 4.90 Å². The molecule has 2 fully saturated rings. The van der Waals surface area contributed by atoms with Crippen molar-refractivity contribution in [1.29, 1.82) is 0 Å². The molecule has 0 aliphatic carbocycles. The van der Waals surface area contributed by atoms with Crippen LogP contribution in [0.15, 0.2) is 24.3 Å². The molecule has 1 atom stereocenters. The highest BCUT2D eigenvalue weighted by atomic mass is 16.3. The van der Waals surface area contributed by atoms with Crippen molar-refractivity contribution in [1.82, 2.24) is 9.80 Å². The van der Waals surface area contributed by atoms with Crippen LogP contribution in [0.4, 0.5) is 5.69 Å². The summed E-state index contributed by atoms with van der Waals surface area (Å²) in [7, 11) is 0. The van der Waals surface area contributed by atoms with Gasteiger partial charge in [-0.3, -0.25) is 4.90 Å². The van der Waals surface area contributed by atoms with E-state index in [0.717, 1.165) is 64.0 Å². The number of aliphatic hydroxyl groups excluding tert-OH is 1. The maximum absolute atomic E-state index is 10.4. The number of likely N-dealkylation sites (tertiary alicyclic amines) is 1. The molecule has 5 nitrogen and oxygen atoms in total. The lowest BCUT2D eigenvalue weighted by molar-refractivity contribution is 0.0597. The van der Waals surface area contributed by atoms with Gasteiger partial charge in [-0.05, 0) is 44.0 Å². The normalized spacial score (nSPS) is 22.7. The van der Waals surface area contributed by atoms with E-state index in [0.29, 0.717) is 5.75 Å². The van der Waals surface area contributed by atoms with Crippen LogP contribution in [0.3, 0.4) is 0 Å². The fourth-order valence-electron chi connectivity index (χ4n) is 3.80. The molecule has 2 saturated heterocycles. The average Bonchev–Trinajstić information content (AvgIpc) is 2.58. The van der Waals surface area contributed by atoms with Crippen LogP contribution in [0.25, 0.3) is 0 Å². The topological polar surface area (TPSA) is 50.2 Å². The predicted octanol–water partition coefficient (Wildman–Crippen LogP) is 1.61. The molecular formula is C19H31N3O2. The minimum absolute atomic E-state index is 0.268. The summed E-state index contributed by atoms with van der Waals surface area (Å²) in [5.74, 6) is 1.19. The van der Waals surface area contributed by atoms with E-state index in [2.05, 4.69) is 21.6 Å². The van der Waals surface area contributed by atoms with Crippen molar-refractivity contribution in [2.24, 2.45) is 5.92 Å². The first-order valence-electron chi connectivity index (χ1n) is 9.27. The molecule has 2 heterocycles. The SMILES string of the molecule is CC1CCN(CC(O)CN2CCN(c3ccccc3O)CC2)CC1. The lowest BCUT2D eigenvalue weighted by atomic mass is 9.99. The Morgan fingerprint density at radius 3 is 2.17 bits per heavy atom. The van der Waals surface area contributed by atoms with Crippen molar-refractivity contribution in [2.45, 2.75) is 25.9 Å². The molecule has 3 rings (SSSR count). The molecule has 0 saturated carbocycles. The second-order valence-corrected chi connectivity index (χ2v) is 7.41. The van der Waals surface area contributed by atoms with Gasteiger partial charge in [0.1, 0.15) is 5.75 Å². The van der Waals surface area contributed by atoms with Gasteiger partial charge in [0, 0.05) is 39.3 Å². The number of para-hydroxylation sites is 2. The summed E-state index contributed by atoms with van der Waals surface area (Å²) in [4.78, 5) is 6.97. The van der Waals surface area contributed by atoms with Gasteiger partial charge in [-0.2, -0.15) is 0 Å². The Balaban J connectivity index is 1.41. The van der Waals surface area contributed by atoms with Gasteiger partial charge in [0.25, 0.3) is 0 Å². The van der Waals surface area contributed by atoms with Crippen LogP contribution in [-0.4, -0.2) is 78.5 Å². The Hall–Kier alpha value is -1.30. The third kappa shape index (κ3) is 4.62. The number of anilines is 1. The van der Waals surface area contributed by atoms with Gasteiger partial charge in [-0.25, -0.2) is 0 Å². The Morgan fingerprint density at radius 2 is 1.54 bits per heavy atom. The zero-order valence-electron chi connectivity index (χ0n) is 14.8. The van der Waals surface area contributed by atoms with Crippen molar-refractivity contribution < 1.29 is 10.2 Å². The lowest BCUT2D eigenvalue weighted by Gasteiger charge is -2.38. The lowest BCUT2D eigenvalue weighted by Crippen LogP contribution is -2.50. The summed E-state index contributed by atoms with van der Waals surface area (Å²) in [6.45, 7) is 9.77. The Kier molecular flexibility index (Phi) is 5.98. The molecule has 0 aromatic heterocycles. The Morgan fingerprint density at radius 1 is 0.958 bits per heavy atom. The van der Waals surface area contributed by atoms with E-state index in [1.807, 2.05) is 18.2 Å².